The molecule has 1 unspecified atom stereocenters. The van der Waals surface area contributed by atoms with Crippen LogP contribution in [0.15, 0.2) is 36.5 Å². The number of piperazine rings is 1. The summed E-state index contributed by atoms with van der Waals surface area (Å²) in [7, 11) is -2.45. The second-order valence-corrected chi connectivity index (χ2v) is 12.7. The normalized spacial score (nSPS) is 21.3. The van der Waals surface area contributed by atoms with Gasteiger partial charge in [0.25, 0.3) is 0 Å². The van der Waals surface area contributed by atoms with Gasteiger partial charge >= 0.3 is 6.03 Å². The molecule has 0 radical (unpaired) electrons. The van der Waals surface area contributed by atoms with Gasteiger partial charge in [0.05, 0.1) is 0 Å². The molecule has 1 spiro atoms. The van der Waals surface area contributed by atoms with Gasteiger partial charge in [-0.05, 0) is 23.9 Å². The number of para-hydroxylation sites is 1. The van der Waals surface area contributed by atoms with E-state index in [4.69, 9.17) is 0 Å². The zero-order valence-electron chi connectivity index (χ0n) is 21.1. The van der Waals surface area contributed by atoms with Crippen LogP contribution >= 0.6 is 0 Å². The number of anilines is 2. The molecular formula is C25H35N7O3S. The molecular weight excluding hydrogens is 478 g/mol. The predicted molar refractivity (Wildman–Crippen MR) is 143 cm³/mol. The highest BCUT2D eigenvalue weighted by Crippen LogP contribution is 2.42. The lowest BCUT2D eigenvalue weighted by molar-refractivity contribution is -0.139. The molecule has 5 rings (SSSR count). The molecule has 0 aliphatic carbocycles. The number of hydrogen-bond acceptors (Lipinski definition) is 6. The summed E-state index contributed by atoms with van der Waals surface area (Å²) in [5, 5.41) is 4.21. The molecule has 2 aromatic rings. The SMILES string of the molecule is C=S(C)(=O)Nc1ccn(C(=O)N2CCN(Cc3ccccc3N3CCC4(CN(C(C)=O)C4)C3)CC2)n1. The minimum atomic E-state index is -2.45. The van der Waals surface area contributed by atoms with Gasteiger partial charge in [0.2, 0.25) is 5.91 Å². The molecule has 3 saturated heterocycles. The first-order valence-corrected chi connectivity index (χ1v) is 14.5. The van der Waals surface area contributed by atoms with Gasteiger partial charge in [-0.15, -0.1) is 5.10 Å². The summed E-state index contributed by atoms with van der Waals surface area (Å²) >= 11 is 0. The summed E-state index contributed by atoms with van der Waals surface area (Å²) in [5.41, 5.74) is 2.83. The number of hydrogen-bond donors (Lipinski definition) is 1. The fourth-order valence-corrected chi connectivity index (χ4v) is 6.08. The lowest BCUT2D eigenvalue weighted by Gasteiger charge is -2.47. The highest BCUT2D eigenvalue weighted by Gasteiger charge is 2.48. The Kier molecular flexibility index (Phi) is 6.46. The Hall–Kier alpha value is -3.05. The quantitative estimate of drug-likeness (QED) is 0.608. The second kappa shape index (κ2) is 9.44. The van der Waals surface area contributed by atoms with Crippen molar-refractivity contribution >= 4 is 39.0 Å². The van der Waals surface area contributed by atoms with Crippen LogP contribution in [0, 0.1) is 5.41 Å². The van der Waals surface area contributed by atoms with Gasteiger partial charge in [-0.25, -0.2) is 9.00 Å². The van der Waals surface area contributed by atoms with Crippen molar-refractivity contribution in [3.63, 3.8) is 0 Å². The third-order valence-corrected chi connectivity index (χ3v) is 8.05. The van der Waals surface area contributed by atoms with Crippen molar-refractivity contribution < 1.29 is 13.8 Å². The summed E-state index contributed by atoms with van der Waals surface area (Å²) in [5.74, 6) is 4.10. The highest BCUT2D eigenvalue weighted by atomic mass is 32.2. The van der Waals surface area contributed by atoms with E-state index in [0.29, 0.717) is 18.9 Å². The van der Waals surface area contributed by atoms with E-state index in [-0.39, 0.29) is 17.4 Å². The molecule has 1 aromatic heterocycles. The van der Waals surface area contributed by atoms with Crippen LogP contribution in [0.2, 0.25) is 0 Å². The summed E-state index contributed by atoms with van der Waals surface area (Å²) in [6, 6.07) is 10.0. The van der Waals surface area contributed by atoms with Crippen molar-refractivity contribution in [2.45, 2.75) is 19.9 Å². The van der Waals surface area contributed by atoms with Crippen molar-refractivity contribution in [1.29, 1.82) is 0 Å². The van der Waals surface area contributed by atoms with Crippen LogP contribution in [0.3, 0.4) is 0 Å². The van der Waals surface area contributed by atoms with Gasteiger partial charge in [-0.3, -0.25) is 14.4 Å². The van der Waals surface area contributed by atoms with Crippen molar-refractivity contribution in [2.24, 2.45) is 5.41 Å². The molecule has 1 aromatic carbocycles. The number of likely N-dealkylation sites (tertiary alicyclic amines) is 1. The standard InChI is InChI=1S/C25H35N7O3S/c1-20(33)31-18-25(19-31)9-11-30(17-25)22-7-5-4-6-21(22)16-28-12-14-29(15-13-28)24(34)32-10-8-23(26-32)27-36(2,3)35/h4-8,10H,2,9,11-19H2,1,3H3,(H,26,27,35). The minimum absolute atomic E-state index is 0.173. The molecule has 2 amide bonds. The van der Waals surface area contributed by atoms with Crippen molar-refractivity contribution in [2.75, 3.05) is 68.2 Å². The molecule has 1 atom stereocenters. The first-order chi connectivity index (χ1) is 17.1. The fourth-order valence-electron chi connectivity index (χ4n) is 5.53. The summed E-state index contributed by atoms with van der Waals surface area (Å²) in [6.07, 6.45) is 4.20. The largest absolute Gasteiger partial charge is 0.371 e. The Balaban J connectivity index is 1.16. The number of benzene rings is 1. The van der Waals surface area contributed by atoms with E-state index in [1.807, 2.05) is 4.90 Å². The molecule has 0 saturated carbocycles. The molecule has 10 nitrogen and oxygen atoms in total. The predicted octanol–water partition coefficient (Wildman–Crippen LogP) is 1.40. The smallest absolute Gasteiger partial charge is 0.344 e. The summed E-state index contributed by atoms with van der Waals surface area (Å²) in [4.78, 5) is 33.2. The van der Waals surface area contributed by atoms with Crippen molar-refractivity contribution in [3.05, 3.63) is 42.1 Å². The number of aromatic nitrogens is 2. The van der Waals surface area contributed by atoms with E-state index in [2.05, 4.69) is 49.8 Å². The van der Waals surface area contributed by atoms with Crippen LogP contribution in [0.1, 0.15) is 18.9 Å². The highest BCUT2D eigenvalue weighted by molar-refractivity contribution is 8.00. The third kappa shape index (κ3) is 5.22. The maximum absolute atomic E-state index is 12.9. The number of carbonyl (C=O) groups excluding carboxylic acids is 2. The Labute approximate surface area is 213 Å². The van der Waals surface area contributed by atoms with E-state index >= 15 is 0 Å². The molecule has 11 heteroatoms. The van der Waals surface area contributed by atoms with Gasteiger partial charge in [0, 0.05) is 105 Å². The first-order valence-electron chi connectivity index (χ1n) is 12.4. The van der Waals surface area contributed by atoms with Crippen LogP contribution in [-0.2, 0) is 21.0 Å². The van der Waals surface area contributed by atoms with Crippen molar-refractivity contribution in [1.82, 2.24) is 24.5 Å². The average molecular weight is 514 g/mol. The summed E-state index contributed by atoms with van der Waals surface area (Å²) in [6.45, 7) is 9.07. The van der Waals surface area contributed by atoms with E-state index in [1.165, 1.54) is 22.2 Å². The van der Waals surface area contributed by atoms with Crippen LogP contribution in [0.25, 0.3) is 0 Å². The van der Waals surface area contributed by atoms with Crippen LogP contribution in [0.5, 0.6) is 0 Å². The first kappa shape index (κ1) is 24.6. The Bertz CT molecular complexity index is 1240. The van der Waals surface area contributed by atoms with E-state index in [9.17, 15) is 13.8 Å². The molecule has 3 aliphatic heterocycles. The maximum Gasteiger partial charge on any atom is 0.344 e. The molecule has 1 N–H and O–H groups in total. The molecule has 3 aliphatic rings. The van der Waals surface area contributed by atoms with Gasteiger partial charge in [0.1, 0.15) is 0 Å². The molecule has 36 heavy (non-hydrogen) atoms. The lowest BCUT2D eigenvalue weighted by Crippen LogP contribution is -2.59. The number of nitrogens with one attached hydrogen (secondary N) is 1. The van der Waals surface area contributed by atoms with Gasteiger partial charge in [-0.1, -0.05) is 18.2 Å². The van der Waals surface area contributed by atoms with Gasteiger partial charge in [0.15, 0.2) is 5.82 Å². The molecule has 194 valence electrons. The van der Waals surface area contributed by atoms with Crippen LogP contribution in [0.4, 0.5) is 16.3 Å². The molecule has 4 heterocycles. The van der Waals surface area contributed by atoms with E-state index in [0.717, 1.165) is 52.2 Å². The molecule has 3 fully saturated rings. The van der Waals surface area contributed by atoms with Gasteiger partial charge < -0.3 is 14.7 Å². The monoisotopic (exact) mass is 513 g/mol. The van der Waals surface area contributed by atoms with Crippen LogP contribution in [-0.4, -0.2) is 105 Å². The van der Waals surface area contributed by atoms with E-state index in [1.54, 1.807) is 24.1 Å². The lowest BCUT2D eigenvalue weighted by atomic mass is 9.79. The van der Waals surface area contributed by atoms with Crippen molar-refractivity contribution in [3.8, 4) is 0 Å². The Morgan fingerprint density at radius 2 is 1.78 bits per heavy atom. The zero-order chi connectivity index (χ0) is 25.5. The van der Waals surface area contributed by atoms with Gasteiger partial charge in [-0.2, -0.15) is 4.68 Å². The fraction of sp³-hybridized carbons (Fsp3) is 0.520. The minimum Gasteiger partial charge on any atom is -0.371 e. The third-order valence-electron chi connectivity index (χ3n) is 7.41. The Morgan fingerprint density at radius 1 is 1.06 bits per heavy atom. The number of amides is 2. The summed E-state index contributed by atoms with van der Waals surface area (Å²) < 4.78 is 15.8. The number of rotatable bonds is 5. The topological polar surface area (TPSA) is 94.0 Å². The second-order valence-electron chi connectivity index (χ2n) is 10.5. The Morgan fingerprint density at radius 3 is 2.47 bits per heavy atom. The number of carbonyl (C=O) groups is 2. The maximum atomic E-state index is 12.9. The van der Waals surface area contributed by atoms with E-state index < -0.39 is 9.71 Å². The molecule has 0 bridgehead atoms. The number of nitrogens with zero attached hydrogens (tertiary/aromatic N) is 6. The zero-order valence-corrected chi connectivity index (χ0v) is 21.9. The average Bonchev–Trinajstić information content (AvgIpc) is 3.45. The van der Waals surface area contributed by atoms with Crippen LogP contribution < -0.4 is 9.62 Å².